The Morgan fingerprint density at radius 1 is 1.25 bits per heavy atom. The number of benzene rings is 1. The van der Waals surface area contributed by atoms with Gasteiger partial charge in [0.2, 0.25) is 0 Å². The summed E-state index contributed by atoms with van der Waals surface area (Å²) in [6, 6.07) is 10.8. The predicted octanol–water partition coefficient (Wildman–Crippen LogP) is 2.53. The summed E-state index contributed by atoms with van der Waals surface area (Å²) in [5, 5.41) is 19.6. The van der Waals surface area contributed by atoms with Crippen molar-refractivity contribution >= 4 is 23.5 Å². The summed E-state index contributed by atoms with van der Waals surface area (Å²) in [7, 11) is 0. The quantitative estimate of drug-likeness (QED) is 0.520. The van der Waals surface area contributed by atoms with Gasteiger partial charge < -0.3 is 4.74 Å². The molecular weight excluding hydrogens is 324 g/mol. The van der Waals surface area contributed by atoms with E-state index in [1.807, 2.05) is 6.92 Å². The summed E-state index contributed by atoms with van der Waals surface area (Å²) >= 11 is 1.44. The monoisotopic (exact) mass is 339 g/mol. The molecule has 0 amide bonds. The normalized spacial score (nSPS) is 9.83. The number of nitrogens with one attached hydrogen (secondary N) is 1. The molecule has 1 heterocycles. The third-order valence-electron chi connectivity index (χ3n) is 3.16. The topological polar surface area (TPSA) is 114 Å². The van der Waals surface area contributed by atoms with E-state index in [0.717, 1.165) is 5.75 Å². The summed E-state index contributed by atoms with van der Waals surface area (Å²) in [5.74, 6) is 0.938. The maximum atomic E-state index is 11.0. The molecule has 0 saturated heterocycles. The number of aromatic amines is 1. The van der Waals surface area contributed by atoms with Gasteiger partial charge in [0.25, 0.3) is 5.82 Å². The molecule has 0 fully saturated rings. The zero-order valence-electron chi connectivity index (χ0n) is 13.2. The average Bonchev–Trinajstić information content (AvgIpc) is 2.55. The molecule has 7 heteroatoms. The summed E-state index contributed by atoms with van der Waals surface area (Å²) in [6.07, 6.45) is 0. The highest BCUT2D eigenvalue weighted by Gasteiger charge is 2.23. The lowest BCUT2D eigenvalue weighted by atomic mass is 9.97. The molecule has 0 bridgehead atoms. The lowest BCUT2D eigenvalue weighted by Crippen LogP contribution is -2.18. The van der Waals surface area contributed by atoms with Crippen LogP contribution in [0.2, 0.25) is 0 Å². The first-order valence-corrected chi connectivity index (χ1v) is 8.11. The van der Waals surface area contributed by atoms with Gasteiger partial charge in [-0.15, -0.1) is 0 Å². The molecule has 0 spiro atoms. The fourth-order valence-electron chi connectivity index (χ4n) is 2.24. The van der Waals surface area contributed by atoms with Crippen LogP contribution in [-0.2, 0) is 4.79 Å². The Labute approximate surface area is 143 Å². The average molecular weight is 339 g/mol. The third-order valence-corrected chi connectivity index (χ3v) is 4.04. The molecule has 2 rings (SSSR count). The first-order valence-electron chi connectivity index (χ1n) is 7.12. The van der Waals surface area contributed by atoms with Gasteiger partial charge in [-0.25, -0.2) is 4.98 Å². The van der Waals surface area contributed by atoms with Crippen LogP contribution in [0.3, 0.4) is 0 Å². The van der Waals surface area contributed by atoms with Crippen molar-refractivity contribution in [1.29, 1.82) is 10.5 Å². The van der Waals surface area contributed by atoms with E-state index in [-0.39, 0.29) is 11.4 Å². The van der Waals surface area contributed by atoms with Gasteiger partial charge in [-0.2, -0.15) is 10.5 Å². The van der Waals surface area contributed by atoms with Gasteiger partial charge in [0.1, 0.15) is 29.0 Å². The number of aromatic nitrogens is 1. The summed E-state index contributed by atoms with van der Waals surface area (Å²) in [5.41, 5.74) is 7.66. The highest BCUT2D eigenvalue weighted by molar-refractivity contribution is 7.99. The van der Waals surface area contributed by atoms with Crippen LogP contribution in [0.1, 0.15) is 25.0 Å². The highest BCUT2D eigenvalue weighted by atomic mass is 32.2. The predicted molar refractivity (Wildman–Crippen MR) is 90.0 cm³/mol. The first kappa shape index (κ1) is 17.3. The molecule has 0 atom stereocenters. The molecule has 1 aromatic heterocycles. The number of anilines is 1. The Bertz CT molecular complexity index is 864. The zero-order chi connectivity index (χ0) is 17.7. The lowest BCUT2D eigenvalue weighted by Gasteiger charge is -2.10. The van der Waals surface area contributed by atoms with Crippen LogP contribution in [0.15, 0.2) is 29.3 Å². The van der Waals surface area contributed by atoms with Crippen LogP contribution in [-0.4, -0.2) is 11.7 Å². The van der Waals surface area contributed by atoms with Crippen molar-refractivity contribution < 1.29 is 14.5 Å². The number of nitriles is 2. The lowest BCUT2D eigenvalue weighted by molar-refractivity contribution is -0.410. The van der Waals surface area contributed by atoms with Crippen molar-refractivity contribution in [3.8, 4) is 29.0 Å². The molecule has 120 valence electrons. The van der Waals surface area contributed by atoms with Crippen molar-refractivity contribution in [1.82, 2.24) is 0 Å². The van der Waals surface area contributed by atoms with Gasteiger partial charge in [0.15, 0.2) is 5.03 Å². The standard InChI is InChI=1S/C17H14N4O2S/c1-3-24-17-14(9-19)15(13(8-18)16(20)21-17)11-4-6-12(7-5-11)23-10(2)22/h4-7H,3H2,1-2H3,(H2,20,21)/p+1. The van der Waals surface area contributed by atoms with Crippen molar-refractivity contribution in [2.24, 2.45) is 0 Å². The van der Waals surface area contributed by atoms with Crippen molar-refractivity contribution in [3.63, 3.8) is 0 Å². The Balaban J connectivity index is 2.66. The summed E-state index contributed by atoms with van der Waals surface area (Å²) in [6.45, 7) is 3.28. The third kappa shape index (κ3) is 3.48. The smallest absolute Gasteiger partial charge is 0.308 e. The molecule has 0 aliphatic heterocycles. The minimum Gasteiger partial charge on any atom is -0.427 e. The number of H-pyrrole nitrogens is 1. The number of hydrogen-bond donors (Lipinski definition) is 1. The number of thioether (sulfide) groups is 1. The number of esters is 1. The van der Waals surface area contributed by atoms with Crippen LogP contribution in [0.4, 0.5) is 5.82 Å². The van der Waals surface area contributed by atoms with Gasteiger partial charge in [0.05, 0.1) is 0 Å². The van der Waals surface area contributed by atoms with E-state index in [1.54, 1.807) is 24.3 Å². The second-order valence-corrected chi connectivity index (χ2v) is 6.04. The van der Waals surface area contributed by atoms with Gasteiger partial charge in [0, 0.05) is 12.5 Å². The van der Waals surface area contributed by atoms with Crippen molar-refractivity contribution in [2.75, 3.05) is 11.5 Å². The fourth-order valence-corrected chi connectivity index (χ4v) is 3.00. The number of carbonyl (C=O) groups is 1. The highest BCUT2D eigenvalue weighted by Crippen LogP contribution is 2.34. The van der Waals surface area contributed by atoms with Crippen LogP contribution in [0.5, 0.6) is 5.75 Å². The second-order valence-electron chi connectivity index (χ2n) is 4.77. The van der Waals surface area contributed by atoms with E-state index in [4.69, 9.17) is 10.5 Å². The van der Waals surface area contributed by atoms with Gasteiger partial charge in [-0.1, -0.05) is 30.8 Å². The second kappa shape index (κ2) is 7.49. The molecule has 24 heavy (non-hydrogen) atoms. The largest absolute Gasteiger partial charge is 0.427 e. The molecule has 3 N–H and O–H groups in total. The molecular formula is C17H15N4O2S+. The summed E-state index contributed by atoms with van der Waals surface area (Å²) in [4.78, 5) is 13.9. The van der Waals surface area contributed by atoms with Gasteiger partial charge >= 0.3 is 5.97 Å². The number of nitrogen functional groups attached to an aromatic ring is 1. The Morgan fingerprint density at radius 2 is 1.88 bits per heavy atom. The zero-order valence-corrected chi connectivity index (χ0v) is 14.0. The number of pyridine rings is 1. The number of nitrogens with two attached hydrogens (primary N) is 1. The van der Waals surface area contributed by atoms with Crippen LogP contribution in [0, 0.1) is 22.7 Å². The summed E-state index contributed by atoms with van der Waals surface area (Å²) < 4.78 is 5.00. The van der Waals surface area contributed by atoms with Crippen molar-refractivity contribution in [3.05, 3.63) is 35.4 Å². The maximum absolute atomic E-state index is 11.0. The minimum atomic E-state index is -0.418. The van der Waals surface area contributed by atoms with E-state index >= 15 is 0 Å². The Hall–Kier alpha value is -3.03. The molecule has 2 aromatic rings. The molecule has 0 aliphatic rings. The van der Waals surface area contributed by atoms with E-state index in [9.17, 15) is 15.3 Å². The number of nitrogens with zero attached hydrogens (tertiary/aromatic N) is 2. The molecule has 0 radical (unpaired) electrons. The van der Waals surface area contributed by atoms with E-state index in [0.29, 0.717) is 27.5 Å². The van der Waals surface area contributed by atoms with E-state index in [2.05, 4.69) is 17.1 Å². The molecule has 6 nitrogen and oxygen atoms in total. The SMILES string of the molecule is CCSc1[nH+]c(N)c(C#N)c(-c2ccc(OC(C)=O)cc2)c1C#N. The van der Waals surface area contributed by atoms with Crippen LogP contribution >= 0.6 is 11.8 Å². The number of ether oxygens (including phenoxy) is 1. The molecule has 0 aliphatic carbocycles. The molecule has 0 unspecified atom stereocenters. The van der Waals surface area contributed by atoms with Gasteiger partial charge in [-0.3, -0.25) is 10.5 Å². The van der Waals surface area contributed by atoms with Crippen LogP contribution in [0.25, 0.3) is 11.1 Å². The van der Waals surface area contributed by atoms with Crippen molar-refractivity contribution in [2.45, 2.75) is 18.9 Å². The Kier molecular flexibility index (Phi) is 5.41. The van der Waals surface area contributed by atoms with E-state index in [1.165, 1.54) is 18.7 Å². The number of rotatable bonds is 4. The minimum absolute atomic E-state index is 0.214. The fraction of sp³-hybridized carbons (Fsp3) is 0.176. The molecule has 1 aromatic carbocycles. The van der Waals surface area contributed by atoms with E-state index < -0.39 is 5.97 Å². The Morgan fingerprint density at radius 3 is 2.38 bits per heavy atom. The molecule has 0 saturated carbocycles. The van der Waals surface area contributed by atoms with Crippen LogP contribution < -0.4 is 15.5 Å². The first-order chi connectivity index (χ1) is 11.5. The maximum Gasteiger partial charge on any atom is 0.308 e. The number of carbonyl (C=O) groups excluding carboxylic acids is 1. The number of hydrogen-bond acceptors (Lipinski definition) is 6. The van der Waals surface area contributed by atoms with Gasteiger partial charge in [-0.05, 0) is 23.4 Å².